The van der Waals surface area contributed by atoms with Crippen molar-refractivity contribution in [2.75, 3.05) is 13.7 Å². The van der Waals surface area contributed by atoms with Gasteiger partial charge in [-0.15, -0.1) is 5.10 Å². The Morgan fingerprint density at radius 2 is 1.90 bits per heavy atom. The van der Waals surface area contributed by atoms with Gasteiger partial charge < -0.3 is 10.1 Å². The maximum Gasteiger partial charge on any atom is 0.119 e. The normalized spacial score (nSPS) is 12.4. The number of nitrogens with zero attached hydrogens (tertiary/aromatic N) is 3. The quantitative estimate of drug-likeness (QED) is 0.851. The van der Waals surface area contributed by atoms with Crippen LogP contribution in [0.2, 0.25) is 0 Å². The molecule has 0 aliphatic rings. The van der Waals surface area contributed by atoms with Crippen molar-refractivity contribution in [1.29, 1.82) is 0 Å². The molecule has 1 atom stereocenters. The predicted molar refractivity (Wildman–Crippen MR) is 84.0 cm³/mol. The summed E-state index contributed by atoms with van der Waals surface area (Å²) in [4.78, 5) is 0. The van der Waals surface area contributed by atoms with Crippen molar-refractivity contribution in [3.8, 4) is 11.4 Å². The zero-order valence-corrected chi connectivity index (χ0v) is 13.3. The Balaban J connectivity index is 2.35. The second kappa shape index (κ2) is 7.22. The molecule has 1 heterocycles. The summed E-state index contributed by atoms with van der Waals surface area (Å²) in [6, 6.07) is 8.21. The highest BCUT2D eigenvalue weighted by Crippen LogP contribution is 2.22. The van der Waals surface area contributed by atoms with Gasteiger partial charge in [0.1, 0.15) is 11.4 Å². The third-order valence-electron chi connectivity index (χ3n) is 3.61. The van der Waals surface area contributed by atoms with E-state index >= 15 is 0 Å². The highest BCUT2D eigenvalue weighted by molar-refractivity contribution is 5.38. The smallest absolute Gasteiger partial charge is 0.119 e. The molecule has 5 heteroatoms. The standard InChI is InChI=1S/C16H24N4O/c1-5-14(17-4)16-15(6-2)20(19-18-16)12-8-10-13(11-9-12)21-7-3/h8-11,14,17H,5-7H2,1-4H3. The number of ether oxygens (including phenoxy) is 1. The fourth-order valence-corrected chi connectivity index (χ4v) is 2.51. The van der Waals surface area contributed by atoms with E-state index in [-0.39, 0.29) is 6.04 Å². The van der Waals surface area contributed by atoms with Crippen LogP contribution in [-0.4, -0.2) is 28.6 Å². The first-order valence-corrected chi connectivity index (χ1v) is 7.60. The fourth-order valence-electron chi connectivity index (χ4n) is 2.51. The van der Waals surface area contributed by atoms with Gasteiger partial charge in [-0.3, -0.25) is 0 Å². The minimum Gasteiger partial charge on any atom is -0.494 e. The van der Waals surface area contributed by atoms with E-state index in [1.54, 1.807) is 0 Å². The van der Waals surface area contributed by atoms with Crippen molar-refractivity contribution in [2.45, 2.75) is 39.7 Å². The lowest BCUT2D eigenvalue weighted by molar-refractivity contribution is 0.340. The zero-order valence-electron chi connectivity index (χ0n) is 13.3. The number of nitrogens with one attached hydrogen (secondary N) is 1. The topological polar surface area (TPSA) is 52.0 Å². The predicted octanol–water partition coefficient (Wildman–Crippen LogP) is 2.90. The van der Waals surface area contributed by atoms with E-state index in [1.165, 1.54) is 0 Å². The maximum absolute atomic E-state index is 5.48. The van der Waals surface area contributed by atoms with E-state index in [9.17, 15) is 0 Å². The Bertz CT molecular complexity index is 558. The summed E-state index contributed by atoms with van der Waals surface area (Å²) in [5.74, 6) is 0.876. The number of benzene rings is 1. The van der Waals surface area contributed by atoms with E-state index in [2.05, 4.69) is 29.5 Å². The van der Waals surface area contributed by atoms with Crippen molar-refractivity contribution in [3.05, 3.63) is 35.7 Å². The molecule has 0 saturated heterocycles. The minimum atomic E-state index is 0.247. The Morgan fingerprint density at radius 1 is 1.19 bits per heavy atom. The van der Waals surface area contributed by atoms with E-state index in [0.29, 0.717) is 6.61 Å². The number of hydrogen-bond donors (Lipinski definition) is 1. The Labute approximate surface area is 126 Å². The fraction of sp³-hybridized carbons (Fsp3) is 0.500. The molecule has 2 rings (SSSR count). The lowest BCUT2D eigenvalue weighted by Gasteiger charge is -2.13. The third-order valence-corrected chi connectivity index (χ3v) is 3.61. The maximum atomic E-state index is 5.48. The summed E-state index contributed by atoms with van der Waals surface area (Å²) in [5.41, 5.74) is 3.21. The van der Waals surface area contributed by atoms with Gasteiger partial charge in [0.2, 0.25) is 0 Å². The third kappa shape index (κ3) is 3.24. The highest BCUT2D eigenvalue weighted by Gasteiger charge is 2.18. The molecule has 0 fully saturated rings. The average molecular weight is 288 g/mol. The molecular weight excluding hydrogens is 264 g/mol. The van der Waals surface area contributed by atoms with Crippen LogP contribution in [0.4, 0.5) is 0 Å². The Hall–Kier alpha value is -1.88. The molecule has 114 valence electrons. The van der Waals surface area contributed by atoms with Crippen molar-refractivity contribution in [3.63, 3.8) is 0 Å². The average Bonchev–Trinajstić information content (AvgIpc) is 2.93. The molecule has 1 unspecified atom stereocenters. The van der Waals surface area contributed by atoms with Crippen LogP contribution in [0.25, 0.3) is 5.69 Å². The molecular formula is C16H24N4O. The molecule has 0 aliphatic carbocycles. The molecule has 0 bridgehead atoms. The van der Waals surface area contributed by atoms with Gasteiger partial charge in [-0.25, -0.2) is 4.68 Å². The first-order chi connectivity index (χ1) is 10.2. The van der Waals surface area contributed by atoms with Gasteiger partial charge in [-0.05, 0) is 51.1 Å². The molecule has 2 aromatic rings. The van der Waals surface area contributed by atoms with Crippen LogP contribution in [0, 0.1) is 0 Å². The monoisotopic (exact) mass is 288 g/mol. The van der Waals surface area contributed by atoms with Crippen LogP contribution in [0.15, 0.2) is 24.3 Å². The van der Waals surface area contributed by atoms with Gasteiger partial charge in [0.15, 0.2) is 0 Å². The summed E-state index contributed by atoms with van der Waals surface area (Å²) in [6.07, 6.45) is 1.89. The summed E-state index contributed by atoms with van der Waals surface area (Å²) < 4.78 is 7.40. The SMILES string of the molecule is CCOc1ccc(-n2nnc(C(CC)NC)c2CC)cc1. The van der Waals surface area contributed by atoms with Crippen molar-refractivity contribution in [1.82, 2.24) is 20.3 Å². The molecule has 0 amide bonds. The molecule has 5 nitrogen and oxygen atoms in total. The Kier molecular flexibility index (Phi) is 5.33. The van der Waals surface area contributed by atoms with E-state index in [0.717, 1.165) is 35.7 Å². The van der Waals surface area contributed by atoms with Gasteiger partial charge in [0, 0.05) is 0 Å². The molecule has 0 saturated carbocycles. The number of rotatable bonds is 7. The van der Waals surface area contributed by atoms with Crippen LogP contribution in [0.1, 0.15) is 44.6 Å². The van der Waals surface area contributed by atoms with Gasteiger partial charge in [0.05, 0.1) is 24.0 Å². The highest BCUT2D eigenvalue weighted by atomic mass is 16.5. The van der Waals surface area contributed by atoms with Gasteiger partial charge in [0.25, 0.3) is 0 Å². The minimum absolute atomic E-state index is 0.247. The number of aromatic nitrogens is 3. The summed E-state index contributed by atoms with van der Waals surface area (Å²) in [7, 11) is 1.96. The van der Waals surface area contributed by atoms with E-state index in [4.69, 9.17) is 4.74 Å². The van der Waals surface area contributed by atoms with Crippen LogP contribution in [0.3, 0.4) is 0 Å². The van der Waals surface area contributed by atoms with E-state index in [1.807, 2.05) is 42.9 Å². The molecule has 1 aromatic heterocycles. The largest absolute Gasteiger partial charge is 0.494 e. The lowest BCUT2D eigenvalue weighted by Crippen LogP contribution is -2.17. The van der Waals surface area contributed by atoms with Crippen LogP contribution >= 0.6 is 0 Å². The van der Waals surface area contributed by atoms with Crippen LogP contribution < -0.4 is 10.1 Å². The molecule has 0 aliphatic heterocycles. The zero-order chi connectivity index (χ0) is 15.2. The lowest BCUT2D eigenvalue weighted by atomic mass is 10.1. The van der Waals surface area contributed by atoms with Gasteiger partial charge in [-0.1, -0.05) is 19.1 Å². The second-order valence-corrected chi connectivity index (χ2v) is 4.86. The first kappa shape index (κ1) is 15.5. The van der Waals surface area contributed by atoms with Crippen LogP contribution in [0.5, 0.6) is 5.75 Å². The summed E-state index contributed by atoms with van der Waals surface area (Å²) in [5, 5.41) is 12.0. The van der Waals surface area contributed by atoms with Crippen molar-refractivity contribution in [2.24, 2.45) is 0 Å². The van der Waals surface area contributed by atoms with Gasteiger partial charge in [-0.2, -0.15) is 0 Å². The van der Waals surface area contributed by atoms with Crippen molar-refractivity contribution < 1.29 is 4.74 Å². The summed E-state index contributed by atoms with van der Waals surface area (Å²) >= 11 is 0. The van der Waals surface area contributed by atoms with Gasteiger partial charge >= 0.3 is 0 Å². The second-order valence-electron chi connectivity index (χ2n) is 4.86. The molecule has 0 spiro atoms. The first-order valence-electron chi connectivity index (χ1n) is 7.60. The van der Waals surface area contributed by atoms with E-state index < -0.39 is 0 Å². The number of hydrogen-bond acceptors (Lipinski definition) is 4. The molecule has 21 heavy (non-hydrogen) atoms. The summed E-state index contributed by atoms with van der Waals surface area (Å²) in [6.45, 7) is 6.94. The molecule has 0 radical (unpaired) electrons. The van der Waals surface area contributed by atoms with Crippen molar-refractivity contribution >= 4 is 0 Å². The molecule has 1 aromatic carbocycles. The Morgan fingerprint density at radius 3 is 2.43 bits per heavy atom. The molecule has 1 N–H and O–H groups in total. The van der Waals surface area contributed by atoms with Crippen LogP contribution in [-0.2, 0) is 6.42 Å².